The number of halogens is 7. The maximum Gasteiger partial charge on any atom is 0.176 e. The molecule has 0 radical (unpaired) electrons. The van der Waals surface area contributed by atoms with Crippen LogP contribution in [-0.4, -0.2) is 16.4 Å². The molecule has 0 saturated heterocycles. The Morgan fingerprint density at radius 1 is 0.788 bits per heavy atom. The van der Waals surface area contributed by atoms with Gasteiger partial charge in [0.15, 0.2) is 11.6 Å². The van der Waals surface area contributed by atoms with Gasteiger partial charge in [-0.3, -0.25) is 9.59 Å². The number of hydrogen-bond acceptors (Lipinski definition) is 2. The van der Waals surface area contributed by atoms with Gasteiger partial charge < -0.3 is 0 Å². The molecule has 4 rings (SSSR count). The fourth-order valence-electron chi connectivity index (χ4n) is 3.14. The van der Waals surface area contributed by atoms with Crippen LogP contribution in [0.5, 0.6) is 0 Å². The van der Waals surface area contributed by atoms with Crippen molar-refractivity contribution < 1.29 is 9.59 Å². The van der Waals surface area contributed by atoms with Crippen LogP contribution in [0.2, 0.25) is 20.1 Å². The summed E-state index contributed by atoms with van der Waals surface area (Å²) in [5, 5.41) is 1.86. The number of Topliss-reactive ketones (excluding diaryl/α,β-unsaturated/α-hetero) is 2. The topological polar surface area (TPSA) is 34.1 Å². The molecule has 0 spiro atoms. The molecule has 2 aromatic carbocycles. The molecule has 2 aliphatic carbocycles. The Balaban J connectivity index is 0.000000218. The Kier molecular flexibility index (Phi) is 13.3. The fourth-order valence-corrected chi connectivity index (χ4v) is 4.53. The van der Waals surface area contributed by atoms with Crippen molar-refractivity contribution in [1.82, 2.24) is 0 Å². The molecule has 2 saturated carbocycles. The number of carbonyl (C=O) groups excluding carboxylic acids is 2. The predicted molar refractivity (Wildman–Crippen MR) is 151 cm³/mol. The Bertz CT molecular complexity index is 963. The highest BCUT2D eigenvalue weighted by molar-refractivity contribution is 9.93. The summed E-state index contributed by atoms with van der Waals surface area (Å²) < 4.78 is 0. The minimum absolute atomic E-state index is 0.0884. The van der Waals surface area contributed by atoms with Gasteiger partial charge in [0.2, 0.25) is 0 Å². The van der Waals surface area contributed by atoms with E-state index < -0.39 is 0 Å². The van der Waals surface area contributed by atoms with Crippen molar-refractivity contribution in [3.8, 4) is 0 Å². The van der Waals surface area contributed by atoms with E-state index in [4.69, 9.17) is 46.4 Å². The zero-order valence-corrected chi connectivity index (χ0v) is 25.4. The molecule has 0 N–H and O–H groups in total. The molecule has 0 bridgehead atoms. The Hall–Kier alpha value is 0.380. The van der Waals surface area contributed by atoms with Gasteiger partial charge in [-0.2, -0.15) is 0 Å². The van der Waals surface area contributed by atoms with E-state index in [9.17, 15) is 9.59 Å². The van der Waals surface area contributed by atoms with E-state index in [1.807, 2.05) is 0 Å². The summed E-state index contributed by atoms with van der Waals surface area (Å²) in [5.41, 5.74) is 1.29. The molecule has 9 heteroatoms. The molecular weight excluding hydrogens is 702 g/mol. The first-order valence-corrected chi connectivity index (χ1v) is 16.6. The van der Waals surface area contributed by atoms with Gasteiger partial charge in [0, 0.05) is 45.8 Å². The lowest BCUT2D eigenvalue weighted by molar-refractivity contribution is 0.0973. The van der Waals surface area contributed by atoms with Crippen LogP contribution in [0.15, 0.2) is 36.4 Å². The molecule has 1 unspecified atom stereocenters. The SMILES string of the molecule is BrBr.O=C(CCC1CC1)c1ccc(Cl)c(Cl)c1.O=C(c1ccc(Cl)c(Cl)c1)C(Br)CC1CC1. The maximum atomic E-state index is 12.0. The Morgan fingerprint density at radius 2 is 1.27 bits per heavy atom. The molecule has 2 aliphatic rings. The van der Waals surface area contributed by atoms with E-state index in [-0.39, 0.29) is 16.4 Å². The van der Waals surface area contributed by atoms with E-state index in [2.05, 4.69) is 44.2 Å². The first-order valence-electron chi connectivity index (χ1n) is 10.5. The van der Waals surface area contributed by atoms with Crippen molar-refractivity contribution in [2.75, 3.05) is 0 Å². The molecule has 0 aromatic heterocycles. The fraction of sp³-hybridized carbons (Fsp3) is 0.417. The molecule has 2 fully saturated rings. The average molecular weight is 725 g/mol. The normalized spacial score (nSPS) is 15.5. The van der Waals surface area contributed by atoms with E-state index in [1.165, 1.54) is 25.7 Å². The molecule has 0 amide bonds. The highest BCUT2D eigenvalue weighted by atomic mass is 80.9. The van der Waals surface area contributed by atoms with E-state index in [0.29, 0.717) is 37.6 Å². The van der Waals surface area contributed by atoms with Gasteiger partial charge in [0.1, 0.15) is 0 Å². The van der Waals surface area contributed by atoms with Crippen molar-refractivity contribution in [1.29, 1.82) is 0 Å². The Morgan fingerprint density at radius 3 is 1.76 bits per heavy atom. The molecule has 2 nitrogen and oxygen atoms in total. The lowest BCUT2D eigenvalue weighted by atomic mass is 10.1. The second-order valence-corrected chi connectivity index (χ2v) is 10.9. The van der Waals surface area contributed by atoms with E-state index in [0.717, 1.165) is 24.7 Å². The van der Waals surface area contributed by atoms with Crippen LogP contribution < -0.4 is 0 Å². The largest absolute Gasteiger partial charge is 0.294 e. The first-order chi connectivity index (χ1) is 15.7. The monoisotopic (exact) mass is 720 g/mol. The third-order valence-corrected chi connectivity index (χ3v) is 7.71. The first kappa shape index (κ1) is 29.6. The summed E-state index contributed by atoms with van der Waals surface area (Å²) >= 11 is 32.3. The van der Waals surface area contributed by atoms with Crippen molar-refractivity contribution in [2.45, 2.75) is 49.8 Å². The highest BCUT2D eigenvalue weighted by Gasteiger charge is 2.28. The number of alkyl halides is 1. The van der Waals surface area contributed by atoms with Gasteiger partial charge in [-0.15, -0.1) is 0 Å². The van der Waals surface area contributed by atoms with E-state index in [1.54, 1.807) is 36.4 Å². The predicted octanol–water partition coefficient (Wildman–Crippen LogP) is 10.8. The standard InChI is InChI=1S/C12H11BrCl2O.C12H12Cl2O.Br2/c13-9(5-7-1-2-7)12(16)8-3-4-10(14)11(15)6-8;13-10-5-4-9(7-11(10)14)12(15)6-3-8-1-2-8;1-2/h3-4,6-7,9H,1-2,5H2;4-5,7-8H,1-3,6H2;. The highest BCUT2D eigenvalue weighted by Crippen LogP contribution is 2.36. The number of rotatable bonds is 8. The summed E-state index contributed by atoms with van der Waals surface area (Å²) in [6, 6.07) is 10.1. The van der Waals surface area contributed by atoms with Crippen molar-refractivity contribution in [3.05, 3.63) is 67.6 Å². The summed E-state index contributed by atoms with van der Waals surface area (Å²) in [6.07, 6.45) is 7.62. The Labute approximate surface area is 239 Å². The van der Waals surface area contributed by atoms with Crippen molar-refractivity contribution in [3.63, 3.8) is 0 Å². The second kappa shape index (κ2) is 14.8. The molecule has 2 aromatic rings. The molecule has 0 heterocycles. The molecule has 33 heavy (non-hydrogen) atoms. The van der Waals surface area contributed by atoms with Crippen LogP contribution in [-0.2, 0) is 0 Å². The molecular formula is C24H23Br3Cl4O2. The number of hydrogen-bond donors (Lipinski definition) is 0. The lowest BCUT2D eigenvalue weighted by Gasteiger charge is -2.08. The van der Waals surface area contributed by atoms with Gasteiger partial charge in [-0.05, 0) is 61.1 Å². The van der Waals surface area contributed by atoms with Gasteiger partial charge in [-0.1, -0.05) is 88.0 Å². The summed E-state index contributed by atoms with van der Waals surface area (Å²) in [6.45, 7) is 0. The summed E-state index contributed by atoms with van der Waals surface area (Å²) in [4.78, 5) is 23.7. The minimum Gasteiger partial charge on any atom is -0.294 e. The third-order valence-electron chi connectivity index (χ3n) is 5.44. The van der Waals surface area contributed by atoms with Gasteiger partial charge in [0.25, 0.3) is 0 Å². The zero-order chi connectivity index (χ0) is 24.5. The quantitative estimate of drug-likeness (QED) is 0.201. The summed E-state index contributed by atoms with van der Waals surface area (Å²) in [7, 11) is 0. The lowest BCUT2D eigenvalue weighted by Crippen LogP contribution is -2.14. The zero-order valence-electron chi connectivity index (χ0n) is 17.6. The second-order valence-electron chi connectivity index (χ2n) is 8.17. The maximum absolute atomic E-state index is 12.0. The van der Waals surface area contributed by atoms with Gasteiger partial charge in [0.05, 0.1) is 24.9 Å². The minimum atomic E-state index is -0.0998. The molecule has 0 aliphatic heterocycles. The number of benzene rings is 2. The van der Waals surface area contributed by atoms with Crippen LogP contribution in [0.1, 0.15) is 65.7 Å². The summed E-state index contributed by atoms with van der Waals surface area (Å²) in [5.74, 6) is 1.76. The average Bonchev–Trinajstić information content (AvgIpc) is 3.73. The van der Waals surface area contributed by atoms with Crippen LogP contribution >= 0.6 is 90.6 Å². The van der Waals surface area contributed by atoms with Crippen LogP contribution in [0.3, 0.4) is 0 Å². The van der Waals surface area contributed by atoms with Crippen molar-refractivity contribution >= 4 is 102 Å². The van der Waals surface area contributed by atoms with Crippen LogP contribution in [0.4, 0.5) is 0 Å². The number of ketones is 2. The van der Waals surface area contributed by atoms with Crippen LogP contribution in [0, 0.1) is 11.8 Å². The van der Waals surface area contributed by atoms with E-state index >= 15 is 0 Å². The van der Waals surface area contributed by atoms with Crippen molar-refractivity contribution in [2.24, 2.45) is 11.8 Å². The van der Waals surface area contributed by atoms with Gasteiger partial charge in [-0.25, -0.2) is 0 Å². The smallest absolute Gasteiger partial charge is 0.176 e. The molecule has 180 valence electrons. The third kappa shape index (κ3) is 10.5. The number of carbonyl (C=O) groups is 2. The van der Waals surface area contributed by atoms with Crippen LogP contribution in [0.25, 0.3) is 0 Å². The molecule has 1 atom stereocenters. The van der Waals surface area contributed by atoms with Gasteiger partial charge >= 0.3 is 0 Å².